The van der Waals surface area contributed by atoms with Gasteiger partial charge in [-0.2, -0.15) is 13.2 Å². The first-order valence-corrected chi connectivity index (χ1v) is 15.3. The van der Waals surface area contributed by atoms with Crippen LogP contribution in [0.3, 0.4) is 0 Å². The quantitative estimate of drug-likeness (QED) is 0.283. The molecule has 0 aliphatic heterocycles. The summed E-state index contributed by atoms with van der Waals surface area (Å²) in [6.07, 6.45) is -4.18. The van der Waals surface area contributed by atoms with Crippen LogP contribution in [-0.2, 0) is 38.8 Å². The van der Waals surface area contributed by atoms with E-state index in [1.54, 1.807) is 51.1 Å². The summed E-state index contributed by atoms with van der Waals surface area (Å²) in [5, 5.41) is 2.17. The number of carbonyl (C=O) groups is 2. The summed E-state index contributed by atoms with van der Waals surface area (Å²) in [5.74, 6) is -2.19. The second kappa shape index (κ2) is 13.3. The van der Waals surface area contributed by atoms with E-state index >= 15 is 0 Å². The van der Waals surface area contributed by atoms with Crippen molar-refractivity contribution in [2.75, 3.05) is 17.1 Å². The summed E-state index contributed by atoms with van der Waals surface area (Å²) in [6, 6.07) is 15.5. The number of amides is 2. The van der Waals surface area contributed by atoms with E-state index in [2.05, 4.69) is 5.32 Å². The van der Waals surface area contributed by atoms with Crippen LogP contribution in [0.2, 0.25) is 5.02 Å². The minimum atomic E-state index is -4.90. The summed E-state index contributed by atoms with van der Waals surface area (Å²) in [6.45, 7) is 3.81. The van der Waals surface area contributed by atoms with E-state index in [-0.39, 0.29) is 12.0 Å². The van der Waals surface area contributed by atoms with Crippen molar-refractivity contribution in [3.8, 4) is 0 Å². The number of alkyl halides is 3. The van der Waals surface area contributed by atoms with Crippen molar-refractivity contribution >= 4 is 39.1 Å². The number of anilines is 1. The molecule has 1 N–H and O–H groups in total. The molecule has 0 bridgehead atoms. The Kier molecular flexibility index (Phi) is 10.5. The molecule has 3 rings (SSSR count). The SMILES string of the molecule is CC(C)(C)NC(=O)[C@@H](Cc1ccccc1)N(Cc1ccccc1F)C(=O)CN(c1ccc(Cl)c(C(F)(F)F)c1)S(C)(=O)=O. The van der Waals surface area contributed by atoms with Crippen LogP contribution in [0.25, 0.3) is 0 Å². The van der Waals surface area contributed by atoms with Crippen molar-refractivity contribution < 1.29 is 35.6 Å². The average molecular weight is 642 g/mol. The number of nitrogens with one attached hydrogen (secondary N) is 1. The number of benzene rings is 3. The predicted octanol–water partition coefficient (Wildman–Crippen LogP) is 5.82. The molecular weight excluding hydrogens is 610 g/mol. The van der Waals surface area contributed by atoms with Crippen molar-refractivity contribution in [1.29, 1.82) is 0 Å². The topological polar surface area (TPSA) is 86.8 Å². The van der Waals surface area contributed by atoms with Crippen LogP contribution in [-0.4, -0.2) is 49.5 Å². The van der Waals surface area contributed by atoms with Gasteiger partial charge in [-0.1, -0.05) is 60.1 Å². The van der Waals surface area contributed by atoms with Crippen LogP contribution in [0.15, 0.2) is 72.8 Å². The molecule has 0 saturated carbocycles. The molecule has 232 valence electrons. The highest BCUT2D eigenvalue weighted by atomic mass is 35.5. The molecule has 3 aromatic rings. The van der Waals surface area contributed by atoms with E-state index in [0.29, 0.717) is 15.9 Å². The lowest BCUT2D eigenvalue weighted by atomic mass is 10.0. The third kappa shape index (κ3) is 9.42. The highest BCUT2D eigenvalue weighted by molar-refractivity contribution is 7.92. The highest BCUT2D eigenvalue weighted by Gasteiger charge is 2.37. The molecular formula is C30H32ClF4N3O4S. The number of carbonyl (C=O) groups excluding carboxylic acids is 2. The van der Waals surface area contributed by atoms with E-state index in [1.807, 2.05) is 0 Å². The van der Waals surface area contributed by atoms with Gasteiger partial charge < -0.3 is 10.2 Å². The molecule has 0 saturated heterocycles. The molecule has 1 atom stereocenters. The van der Waals surface area contributed by atoms with Gasteiger partial charge in [-0.3, -0.25) is 13.9 Å². The maximum atomic E-state index is 14.8. The zero-order chi connectivity index (χ0) is 32.2. The fourth-order valence-corrected chi connectivity index (χ4v) is 5.38. The molecule has 2 amide bonds. The maximum Gasteiger partial charge on any atom is 0.417 e. The van der Waals surface area contributed by atoms with Crippen molar-refractivity contribution in [3.63, 3.8) is 0 Å². The van der Waals surface area contributed by atoms with Gasteiger partial charge in [0.05, 0.1) is 22.5 Å². The van der Waals surface area contributed by atoms with E-state index in [0.717, 1.165) is 23.3 Å². The lowest BCUT2D eigenvalue weighted by Gasteiger charge is -2.35. The van der Waals surface area contributed by atoms with Crippen molar-refractivity contribution in [3.05, 3.63) is 100 Å². The van der Waals surface area contributed by atoms with Crippen LogP contribution in [0, 0.1) is 5.82 Å². The van der Waals surface area contributed by atoms with Gasteiger partial charge in [-0.15, -0.1) is 0 Å². The Morgan fingerprint density at radius 1 is 0.953 bits per heavy atom. The Balaban J connectivity index is 2.13. The first-order valence-electron chi connectivity index (χ1n) is 13.1. The second-order valence-corrected chi connectivity index (χ2v) is 13.3. The highest BCUT2D eigenvalue weighted by Crippen LogP contribution is 2.37. The lowest BCUT2D eigenvalue weighted by molar-refractivity contribution is -0.140. The van der Waals surface area contributed by atoms with Gasteiger partial charge in [0.15, 0.2) is 0 Å². The zero-order valence-electron chi connectivity index (χ0n) is 24.0. The number of nitrogens with zero attached hydrogens (tertiary/aromatic N) is 2. The normalized spacial score (nSPS) is 12.9. The molecule has 3 aromatic carbocycles. The van der Waals surface area contributed by atoms with Crippen molar-refractivity contribution in [2.24, 2.45) is 0 Å². The van der Waals surface area contributed by atoms with Gasteiger partial charge in [0.25, 0.3) is 0 Å². The zero-order valence-corrected chi connectivity index (χ0v) is 25.5. The molecule has 0 spiro atoms. The average Bonchev–Trinajstić information content (AvgIpc) is 2.89. The van der Waals surface area contributed by atoms with Gasteiger partial charge in [-0.05, 0) is 50.6 Å². The van der Waals surface area contributed by atoms with Crippen molar-refractivity contribution in [1.82, 2.24) is 10.2 Å². The summed E-state index contributed by atoms with van der Waals surface area (Å²) in [7, 11) is -4.34. The van der Waals surface area contributed by atoms with Gasteiger partial charge >= 0.3 is 6.18 Å². The minimum Gasteiger partial charge on any atom is -0.350 e. The van der Waals surface area contributed by atoms with E-state index in [4.69, 9.17) is 11.6 Å². The monoisotopic (exact) mass is 641 g/mol. The van der Waals surface area contributed by atoms with E-state index in [9.17, 15) is 35.6 Å². The first-order chi connectivity index (χ1) is 19.9. The minimum absolute atomic E-state index is 0.0129. The smallest absolute Gasteiger partial charge is 0.350 e. The molecule has 0 fully saturated rings. The Labute approximate surface area is 253 Å². The number of hydrogen-bond donors (Lipinski definition) is 1. The first kappa shape index (κ1) is 33.9. The Morgan fingerprint density at radius 2 is 1.56 bits per heavy atom. The second-order valence-electron chi connectivity index (χ2n) is 11.0. The third-order valence-corrected chi connectivity index (χ3v) is 7.76. The molecule has 43 heavy (non-hydrogen) atoms. The van der Waals surface area contributed by atoms with Crippen molar-refractivity contribution in [2.45, 2.75) is 51.5 Å². The van der Waals surface area contributed by atoms with Crippen LogP contribution in [0.1, 0.15) is 37.5 Å². The molecule has 0 radical (unpaired) electrons. The fourth-order valence-electron chi connectivity index (χ4n) is 4.32. The molecule has 0 aliphatic carbocycles. The number of rotatable bonds is 10. The maximum absolute atomic E-state index is 14.8. The van der Waals surface area contributed by atoms with Gasteiger partial charge in [0.1, 0.15) is 18.4 Å². The lowest BCUT2D eigenvalue weighted by Crippen LogP contribution is -2.56. The summed E-state index contributed by atoms with van der Waals surface area (Å²) >= 11 is 5.72. The van der Waals surface area contributed by atoms with Crippen LogP contribution >= 0.6 is 11.6 Å². The van der Waals surface area contributed by atoms with Crippen LogP contribution in [0.4, 0.5) is 23.2 Å². The van der Waals surface area contributed by atoms with Crippen LogP contribution < -0.4 is 9.62 Å². The van der Waals surface area contributed by atoms with E-state index in [1.165, 1.54) is 24.3 Å². The summed E-state index contributed by atoms with van der Waals surface area (Å²) in [4.78, 5) is 28.7. The van der Waals surface area contributed by atoms with Gasteiger partial charge in [-0.25, -0.2) is 12.8 Å². The number of sulfonamides is 1. The van der Waals surface area contributed by atoms with E-state index < -0.39 is 74.8 Å². The fraction of sp³-hybridized carbons (Fsp3) is 0.333. The number of hydrogen-bond acceptors (Lipinski definition) is 4. The Morgan fingerprint density at radius 3 is 2.12 bits per heavy atom. The summed E-state index contributed by atoms with van der Waals surface area (Å²) < 4.78 is 81.8. The Bertz CT molecular complexity index is 1560. The standard InChI is InChI=1S/C30H32ClF4N3O4S/c1-29(2,3)36-28(40)26(16-20-10-6-5-7-11-20)37(18-21-12-8-9-13-25(21)32)27(39)19-38(43(4,41)42)22-14-15-24(31)23(17-22)30(33,34)35/h5-15,17,26H,16,18-19H2,1-4H3,(H,36,40)/t26-/m1/s1. The molecule has 0 aliphatic rings. The predicted molar refractivity (Wildman–Crippen MR) is 157 cm³/mol. The van der Waals surface area contributed by atoms with Crippen LogP contribution in [0.5, 0.6) is 0 Å². The molecule has 0 unspecified atom stereocenters. The Hall–Kier alpha value is -3.64. The number of halogens is 5. The third-order valence-electron chi connectivity index (χ3n) is 6.29. The van der Waals surface area contributed by atoms with Gasteiger partial charge in [0, 0.05) is 24.1 Å². The van der Waals surface area contributed by atoms with Gasteiger partial charge in [0.2, 0.25) is 21.8 Å². The molecule has 0 heterocycles. The molecule has 0 aromatic heterocycles. The molecule has 7 nitrogen and oxygen atoms in total. The summed E-state index contributed by atoms with van der Waals surface area (Å²) in [5.41, 5.74) is -1.77. The largest absolute Gasteiger partial charge is 0.417 e. The molecule has 13 heteroatoms.